The van der Waals surface area contributed by atoms with Gasteiger partial charge in [-0.25, -0.2) is 0 Å². The topological polar surface area (TPSA) is 33.4 Å². The van der Waals surface area contributed by atoms with Crippen LogP contribution in [0, 0.1) is 0 Å². The fourth-order valence-electron chi connectivity index (χ4n) is 1.14. The lowest BCUT2D eigenvalue weighted by molar-refractivity contribution is 0.193. The van der Waals surface area contributed by atoms with Gasteiger partial charge in [-0.2, -0.15) is 0 Å². The highest BCUT2D eigenvalue weighted by Gasteiger charge is 2.08. The molecule has 1 rings (SSSR count). The van der Waals surface area contributed by atoms with Crippen molar-refractivity contribution in [2.24, 2.45) is 0 Å². The molecule has 1 heterocycles. The lowest BCUT2D eigenvalue weighted by Gasteiger charge is -2.01. The molecule has 0 saturated heterocycles. The zero-order valence-electron chi connectivity index (χ0n) is 8.37. The average Bonchev–Trinajstić information content (AvgIpc) is 2.50. The molecule has 0 aromatic carbocycles. The summed E-state index contributed by atoms with van der Waals surface area (Å²) in [6.45, 7) is 5.93. The van der Waals surface area contributed by atoms with E-state index in [-0.39, 0.29) is 0 Å². The number of hydrogen-bond donors (Lipinski definition) is 1. The Labute approximate surface area is 78.9 Å². The van der Waals surface area contributed by atoms with Gasteiger partial charge in [-0.3, -0.25) is 0 Å². The Balaban J connectivity index is 2.77. The molecule has 2 heteroatoms. The highest BCUT2D eigenvalue weighted by atomic mass is 16.4. The second kappa shape index (κ2) is 4.28. The first kappa shape index (κ1) is 10.1. The molecular weight excluding hydrogens is 164 g/mol. The van der Waals surface area contributed by atoms with E-state index in [1.165, 1.54) is 0 Å². The summed E-state index contributed by atoms with van der Waals surface area (Å²) in [6.07, 6.45) is 2.03. The van der Waals surface area contributed by atoms with Gasteiger partial charge in [-0.1, -0.05) is 12.5 Å². The fraction of sp³-hybridized carbons (Fsp3) is 0.455. The molecular formula is C11H16O2. The zero-order valence-corrected chi connectivity index (χ0v) is 8.37. The van der Waals surface area contributed by atoms with Crippen molar-refractivity contribution in [2.45, 2.75) is 33.3 Å². The number of aliphatic hydroxyl groups excluding tert-OH is 1. The van der Waals surface area contributed by atoms with E-state index in [0.717, 1.165) is 17.8 Å². The van der Waals surface area contributed by atoms with Gasteiger partial charge in [0.05, 0.1) is 0 Å². The van der Waals surface area contributed by atoms with Crippen molar-refractivity contribution in [3.05, 3.63) is 35.3 Å². The van der Waals surface area contributed by atoms with Crippen LogP contribution in [-0.4, -0.2) is 5.11 Å². The Hall–Kier alpha value is -1.02. The van der Waals surface area contributed by atoms with Crippen LogP contribution < -0.4 is 0 Å². The molecule has 0 fully saturated rings. The minimum Gasteiger partial charge on any atom is -0.463 e. The van der Waals surface area contributed by atoms with E-state index in [1.54, 1.807) is 6.08 Å². The number of aliphatic hydroxyl groups is 1. The Morgan fingerprint density at radius 3 is 2.69 bits per heavy atom. The van der Waals surface area contributed by atoms with E-state index in [1.807, 2.05) is 32.9 Å². The maximum absolute atomic E-state index is 9.63. The van der Waals surface area contributed by atoms with Crippen molar-refractivity contribution >= 4 is 0 Å². The molecule has 2 nitrogen and oxygen atoms in total. The standard InChI is InChI=1S/C11H16O2/c1-4-9-5-6-11(13-9)10(12)7-8(2)3/h5-7,10,12H,4H2,1-3H3. The molecule has 1 atom stereocenters. The van der Waals surface area contributed by atoms with Crippen molar-refractivity contribution in [1.29, 1.82) is 0 Å². The third-order valence-electron chi connectivity index (χ3n) is 1.81. The van der Waals surface area contributed by atoms with Gasteiger partial charge in [-0.15, -0.1) is 0 Å². The molecule has 0 aliphatic rings. The van der Waals surface area contributed by atoms with Gasteiger partial charge in [0.2, 0.25) is 0 Å². The highest BCUT2D eigenvalue weighted by molar-refractivity contribution is 5.14. The summed E-state index contributed by atoms with van der Waals surface area (Å²) in [4.78, 5) is 0. The third kappa shape index (κ3) is 2.74. The maximum atomic E-state index is 9.63. The first-order valence-corrected chi connectivity index (χ1v) is 4.55. The minimum absolute atomic E-state index is 0.606. The van der Waals surface area contributed by atoms with Gasteiger partial charge >= 0.3 is 0 Å². The molecule has 1 unspecified atom stereocenters. The predicted octanol–water partition coefficient (Wildman–Crippen LogP) is 2.84. The molecule has 0 amide bonds. The Kier molecular flexibility index (Phi) is 3.32. The quantitative estimate of drug-likeness (QED) is 0.725. The van der Waals surface area contributed by atoms with Crippen LogP contribution in [0.2, 0.25) is 0 Å². The maximum Gasteiger partial charge on any atom is 0.136 e. The summed E-state index contributed by atoms with van der Waals surface area (Å²) >= 11 is 0. The predicted molar refractivity (Wildman–Crippen MR) is 52.5 cm³/mol. The van der Waals surface area contributed by atoms with E-state index >= 15 is 0 Å². The Morgan fingerprint density at radius 1 is 1.54 bits per heavy atom. The fourth-order valence-corrected chi connectivity index (χ4v) is 1.14. The molecule has 0 aliphatic carbocycles. The molecule has 0 aliphatic heterocycles. The van der Waals surface area contributed by atoms with Crippen LogP contribution in [0.25, 0.3) is 0 Å². The molecule has 0 bridgehead atoms. The van der Waals surface area contributed by atoms with E-state index < -0.39 is 6.10 Å². The highest BCUT2D eigenvalue weighted by Crippen LogP contribution is 2.19. The van der Waals surface area contributed by atoms with E-state index in [4.69, 9.17) is 4.42 Å². The molecule has 1 aromatic rings. The summed E-state index contributed by atoms with van der Waals surface area (Å²) in [5, 5.41) is 9.63. The van der Waals surface area contributed by atoms with Crippen molar-refractivity contribution < 1.29 is 9.52 Å². The Bertz CT molecular complexity index is 293. The van der Waals surface area contributed by atoms with Crippen LogP contribution in [0.5, 0.6) is 0 Å². The van der Waals surface area contributed by atoms with Gasteiger partial charge in [0.25, 0.3) is 0 Å². The van der Waals surface area contributed by atoms with Crippen molar-refractivity contribution in [3.8, 4) is 0 Å². The van der Waals surface area contributed by atoms with Crippen molar-refractivity contribution in [3.63, 3.8) is 0 Å². The largest absolute Gasteiger partial charge is 0.463 e. The van der Waals surface area contributed by atoms with Gasteiger partial charge in [-0.05, 0) is 32.1 Å². The van der Waals surface area contributed by atoms with Crippen molar-refractivity contribution in [1.82, 2.24) is 0 Å². The molecule has 72 valence electrons. The number of furan rings is 1. The van der Waals surface area contributed by atoms with E-state index in [2.05, 4.69) is 0 Å². The summed E-state index contributed by atoms with van der Waals surface area (Å²) in [5.74, 6) is 1.54. The lowest BCUT2D eigenvalue weighted by Crippen LogP contribution is -1.90. The second-order valence-corrected chi connectivity index (χ2v) is 3.35. The summed E-state index contributed by atoms with van der Waals surface area (Å²) < 4.78 is 5.40. The molecule has 1 aromatic heterocycles. The number of allylic oxidation sites excluding steroid dienone is 1. The summed E-state index contributed by atoms with van der Waals surface area (Å²) in [6, 6.07) is 3.72. The number of aryl methyl sites for hydroxylation is 1. The first-order chi connectivity index (χ1) is 6.13. The van der Waals surface area contributed by atoms with E-state index in [0.29, 0.717) is 5.76 Å². The number of rotatable bonds is 3. The molecule has 1 N–H and O–H groups in total. The van der Waals surface area contributed by atoms with Crippen LogP contribution in [0.3, 0.4) is 0 Å². The summed E-state index contributed by atoms with van der Waals surface area (Å²) in [5.41, 5.74) is 1.09. The molecule has 13 heavy (non-hydrogen) atoms. The monoisotopic (exact) mass is 180 g/mol. The minimum atomic E-state index is -0.606. The Morgan fingerprint density at radius 2 is 2.23 bits per heavy atom. The van der Waals surface area contributed by atoms with Gasteiger partial charge in [0, 0.05) is 6.42 Å². The first-order valence-electron chi connectivity index (χ1n) is 4.55. The van der Waals surface area contributed by atoms with Crippen LogP contribution >= 0.6 is 0 Å². The average molecular weight is 180 g/mol. The molecule has 0 radical (unpaired) electrons. The zero-order chi connectivity index (χ0) is 9.84. The third-order valence-corrected chi connectivity index (χ3v) is 1.81. The van der Waals surface area contributed by atoms with E-state index in [9.17, 15) is 5.11 Å². The van der Waals surface area contributed by atoms with Crippen LogP contribution in [-0.2, 0) is 6.42 Å². The molecule has 0 spiro atoms. The van der Waals surface area contributed by atoms with Crippen LogP contribution in [0.4, 0.5) is 0 Å². The normalized spacial score (nSPS) is 12.6. The van der Waals surface area contributed by atoms with Crippen molar-refractivity contribution in [2.75, 3.05) is 0 Å². The molecule has 0 saturated carbocycles. The SMILES string of the molecule is CCc1ccc(C(O)C=C(C)C)o1. The van der Waals surface area contributed by atoms with Crippen LogP contribution in [0.15, 0.2) is 28.2 Å². The smallest absolute Gasteiger partial charge is 0.136 e. The second-order valence-electron chi connectivity index (χ2n) is 3.35. The van der Waals surface area contributed by atoms with Gasteiger partial charge in [0.15, 0.2) is 0 Å². The van der Waals surface area contributed by atoms with Crippen LogP contribution in [0.1, 0.15) is 38.4 Å². The summed E-state index contributed by atoms with van der Waals surface area (Å²) in [7, 11) is 0. The number of hydrogen-bond acceptors (Lipinski definition) is 2. The van der Waals surface area contributed by atoms with Gasteiger partial charge in [0.1, 0.15) is 17.6 Å². The van der Waals surface area contributed by atoms with Gasteiger partial charge < -0.3 is 9.52 Å². The lowest BCUT2D eigenvalue weighted by atomic mass is 10.2.